The predicted octanol–water partition coefficient (Wildman–Crippen LogP) is 4.35. The lowest BCUT2D eigenvalue weighted by Crippen LogP contribution is -2.33. The Hall–Kier alpha value is -0.0800. The van der Waals surface area contributed by atoms with Crippen molar-refractivity contribution in [2.24, 2.45) is 47.3 Å². The van der Waals surface area contributed by atoms with Gasteiger partial charge in [-0.2, -0.15) is 0 Å². The van der Waals surface area contributed by atoms with Crippen molar-refractivity contribution in [3.05, 3.63) is 0 Å². The molecule has 4 saturated carbocycles. The van der Waals surface area contributed by atoms with Gasteiger partial charge in [-0.15, -0.1) is 0 Å². The van der Waals surface area contributed by atoms with Gasteiger partial charge in [0, 0.05) is 13.2 Å². The molecule has 8 atom stereocenters. The molecule has 0 saturated heterocycles. The molecule has 0 aromatic rings. The van der Waals surface area contributed by atoms with E-state index in [0.717, 1.165) is 17.8 Å². The van der Waals surface area contributed by atoms with Crippen molar-refractivity contribution in [2.45, 2.75) is 66.2 Å². The molecule has 4 rings (SSSR count). The van der Waals surface area contributed by atoms with Gasteiger partial charge in [-0.05, 0) is 86.9 Å². The van der Waals surface area contributed by atoms with E-state index in [0.29, 0.717) is 0 Å². The fourth-order valence-corrected chi connectivity index (χ4v) is 6.90. The van der Waals surface area contributed by atoms with E-state index in [1.54, 1.807) is 46.0 Å². The van der Waals surface area contributed by atoms with E-state index in [1.807, 2.05) is 0 Å². The summed E-state index contributed by atoms with van der Waals surface area (Å²) in [5.41, 5.74) is 0. The van der Waals surface area contributed by atoms with Gasteiger partial charge < -0.3 is 10.2 Å². The van der Waals surface area contributed by atoms with Crippen molar-refractivity contribution >= 4 is 0 Å². The molecule has 0 spiro atoms. The number of aliphatic hydroxyl groups is 2. The Kier molecular flexibility index (Phi) is 6.76. The van der Waals surface area contributed by atoms with E-state index >= 15 is 0 Å². The minimum atomic E-state index is 0.250. The molecule has 2 nitrogen and oxygen atoms in total. The molecule has 4 fully saturated rings. The molecular weight excluding hydrogens is 272 g/mol. The van der Waals surface area contributed by atoms with Crippen molar-refractivity contribution in [2.75, 3.05) is 13.2 Å². The van der Waals surface area contributed by atoms with Crippen LogP contribution in [0.15, 0.2) is 0 Å². The Bertz CT molecular complexity index is 328. The highest BCUT2D eigenvalue weighted by Crippen LogP contribution is 2.69. The maximum Gasteiger partial charge on any atom is 0.0402 e. The summed E-state index contributed by atoms with van der Waals surface area (Å²) in [5.74, 6) is 9.23. The van der Waals surface area contributed by atoms with Crippen LogP contribution >= 0.6 is 0 Å². The number of hydrogen-bond donors (Lipinski definition) is 2. The monoisotopic (exact) mass is 310 g/mol. The van der Waals surface area contributed by atoms with Gasteiger partial charge in [0.2, 0.25) is 0 Å². The van der Waals surface area contributed by atoms with Gasteiger partial charge in [0.15, 0.2) is 0 Å². The zero-order valence-corrected chi connectivity index (χ0v) is 15.2. The second-order valence-corrected chi connectivity index (χ2v) is 7.99. The minimum absolute atomic E-state index is 0.250. The highest BCUT2D eigenvalue weighted by molar-refractivity contribution is 5.11. The minimum Gasteiger partial charge on any atom is -0.397 e. The number of fused-ring (bicyclic) bond motifs is 8. The molecule has 22 heavy (non-hydrogen) atoms. The first kappa shape index (κ1) is 18.3. The summed E-state index contributed by atoms with van der Waals surface area (Å²) in [5, 5.41) is 15.1. The fraction of sp³-hybridized carbons (Fsp3) is 1.00. The van der Waals surface area contributed by atoms with E-state index in [1.165, 1.54) is 36.0 Å². The summed E-state index contributed by atoms with van der Waals surface area (Å²) in [6.07, 6.45) is 9.43. The molecule has 0 aliphatic heterocycles. The normalized spacial score (nSPS) is 47.2. The first-order valence-electron chi connectivity index (χ1n) is 9.86. The van der Waals surface area contributed by atoms with Crippen molar-refractivity contribution < 1.29 is 10.2 Å². The lowest BCUT2D eigenvalue weighted by molar-refractivity contribution is 0.0991. The summed E-state index contributed by atoms with van der Waals surface area (Å²) in [4.78, 5) is 0. The smallest absolute Gasteiger partial charge is 0.0402 e. The zero-order chi connectivity index (χ0) is 16.3. The molecular formula is C20H38O2. The summed E-state index contributed by atoms with van der Waals surface area (Å²) in [6, 6.07) is 0. The van der Waals surface area contributed by atoms with Crippen LogP contribution in [0, 0.1) is 47.3 Å². The third kappa shape index (κ3) is 3.11. The third-order valence-electron chi connectivity index (χ3n) is 7.10. The molecule has 0 amide bonds. The average molecular weight is 311 g/mol. The van der Waals surface area contributed by atoms with E-state index in [4.69, 9.17) is 10.2 Å². The molecule has 2 N–H and O–H groups in total. The van der Waals surface area contributed by atoms with E-state index in [2.05, 4.69) is 13.8 Å². The van der Waals surface area contributed by atoms with Gasteiger partial charge in [-0.1, -0.05) is 26.7 Å². The Labute approximate surface area is 137 Å². The van der Waals surface area contributed by atoms with Crippen LogP contribution in [0.25, 0.3) is 0 Å². The Morgan fingerprint density at radius 2 is 1.27 bits per heavy atom. The van der Waals surface area contributed by atoms with Gasteiger partial charge in [-0.3, -0.25) is 0 Å². The van der Waals surface area contributed by atoms with Crippen LogP contribution in [0.5, 0.6) is 0 Å². The Morgan fingerprint density at radius 3 is 1.77 bits per heavy atom. The van der Waals surface area contributed by atoms with Crippen molar-refractivity contribution in [3.8, 4) is 0 Å². The Morgan fingerprint density at radius 1 is 0.773 bits per heavy atom. The largest absolute Gasteiger partial charge is 0.397 e. The summed E-state index contributed by atoms with van der Waals surface area (Å²) >= 11 is 0. The summed E-state index contributed by atoms with van der Waals surface area (Å²) < 4.78 is 0. The average Bonchev–Trinajstić information content (AvgIpc) is 3.18. The SMILES string of the molecule is CCC1CC(C)C2C3CC(C4CCCC43)C12.CCO.CCO. The van der Waals surface area contributed by atoms with Gasteiger partial charge in [0.05, 0.1) is 0 Å². The second kappa shape index (κ2) is 8.15. The predicted molar refractivity (Wildman–Crippen MR) is 92.5 cm³/mol. The summed E-state index contributed by atoms with van der Waals surface area (Å²) in [6.45, 7) is 8.87. The molecule has 130 valence electrons. The zero-order valence-electron chi connectivity index (χ0n) is 15.2. The maximum absolute atomic E-state index is 7.57. The van der Waals surface area contributed by atoms with Gasteiger partial charge in [0.25, 0.3) is 0 Å². The van der Waals surface area contributed by atoms with Crippen LogP contribution in [0.1, 0.15) is 66.2 Å². The lowest BCUT2D eigenvalue weighted by atomic mass is 9.67. The van der Waals surface area contributed by atoms with Crippen molar-refractivity contribution in [1.82, 2.24) is 0 Å². The van der Waals surface area contributed by atoms with Crippen LogP contribution in [0.4, 0.5) is 0 Å². The van der Waals surface area contributed by atoms with Gasteiger partial charge >= 0.3 is 0 Å². The Balaban J connectivity index is 0.000000259. The van der Waals surface area contributed by atoms with E-state index < -0.39 is 0 Å². The van der Waals surface area contributed by atoms with Crippen molar-refractivity contribution in [3.63, 3.8) is 0 Å². The van der Waals surface area contributed by atoms with Crippen LogP contribution in [0.2, 0.25) is 0 Å². The molecule has 8 unspecified atom stereocenters. The molecule has 4 aliphatic carbocycles. The first-order chi connectivity index (χ1) is 10.6. The molecule has 0 aromatic carbocycles. The molecule has 0 heterocycles. The highest BCUT2D eigenvalue weighted by atomic mass is 16.3. The third-order valence-corrected chi connectivity index (χ3v) is 7.10. The van der Waals surface area contributed by atoms with Crippen LogP contribution in [-0.2, 0) is 0 Å². The quantitative estimate of drug-likeness (QED) is 0.756. The second-order valence-electron chi connectivity index (χ2n) is 7.99. The highest BCUT2D eigenvalue weighted by Gasteiger charge is 2.63. The van der Waals surface area contributed by atoms with Gasteiger partial charge in [0.1, 0.15) is 0 Å². The van der Waals surface area contributed by atoms with E-state index in [9.17, 15) is 0 Å². The van der Waals surface area contributed by atoms with E-state index in [-0.39, 0.29) is 13.2 Å². The number of rotatable bonds is 1. The molecule has 2 bridgehead atoms. The molecule has 4 aliphatic rings. The van der Waals surface area contributed by atoms with Crippen LogP contribution in [0.3, 0.4) is 0 Å². The fourth-order valence-electron chi connectivity index (χ4n) is 6.90. The van der Waals surface area contributed by atoms with Crippen molar-refractivity contribution in [1.29, 1.82) is 0 Å². The number of aliphatic hydroxyl groups excluding tert-OH is 2. The first-order valence-corrected chi connectivity index (χ1v) is 9.86. The number of hydrogen-bond acceptors (Lipinski definition) is 2. The standard InChI is InChI=1S/C16H26.2C2H6O/c1-3-10-7-9(2)15-13-8-14(16(10)15)12-6-4-5-11(12)13;2*1-2-3/h9-16H,3-8H2,1-2H3;2*3H,2H2,1H3. The molecule has 0 aromatic heterocycles. The maximum atomic E-state index is 7.57. The molecule has 2 heteroatoms. The van der Waals surface area contributed by atoms with Crippen LogP contribution < -0.4 is 0 Å². The molecule has 0 radical (unpaired) electrons. The van der Waals surface area contributed by atoms with Crippen LogP contribution in [-0.4, -0.2) is 23.4 Å². The summed E-state index contributed by atoms with van der Waals surface area (Å²) in [7, 11) is 0. The topological polar surface area (TPSA) is 40.5 Å². The lowest BCUT2D eigenvalue weighted by Gasteiger charge is -2.37. The van der Waals surface area contributed by atoms with Gasteiger partial charge in [-0.25, -0.2) is 0 Å².